The molecule has 0 saturated heterocycles. The van der Waals surface area contributed by atoms with Crippen LogP contribution < -0.4 is 0 Å². The summed E-state index contributed by atoms with van der Waals surface area (Å²) < 4.78 is 0. The Morgan fingerprint density at radius 3 is 2.12 bits per heavy atom. The minimum absolute atomic E-state index is 1.06. The van der Waals surface area contributed by atoms with Crippen molar-refractivity contribution in [1.82, 2.24) is 4.98 Å². The Hall–Kier alpha value is -1.50. The van der Waals surface area contributed by atoms with Gasteiger partial charge < -0.3 is 4.98 Å². The summed E-state index contributed by atoms with van der Waals surface area (Å²) in [5.74, 6) is 0. The molecule has 1 nitrogen and oxygen atoms in total. The van der Waals surface area contributed by atoms with Gasteiger partial charge in [0.2, 0.25) is 0 Å². The first-order valence-corrected chi connectivity index (χ1v) is 5.88. The minimum atomic E-state index is 1.06. The normalized spacial score (nSPS) is 10.8. The Labute approximate surface area is 97.5 Å². The summed E-state index contributed by atoms with van der Waals surface area (Å²) in [5, 5.41) is 0. The van der Waals surface area contributed by atoms with E-state index in [2.05, 4.69) is 56.9 Å². The summed E-state index contributed by atoms with van der Waals surface area (Å²) in [6.07, 6.45) is 1.06. The quantitative estimate of drug-likeness (QED) is 0.770. The van der Waals surface area contributed by atoms with Gasteiger partial charge >= 0.3 is 0 Å². The lowest BCUT2D eigenvalue weighted by Crippen LogP contribution is -1.90. The first kappa shape index (κ1) is 11.0. The molecule has 0 aliphatic heterocycles. The molecule has 1 aromatic carbocycles. The van der Waals surface area contributed by atoms with Crippen molar-refractivity contribution < 1.29 is 0 Å². The second-order valence-electron chi connectivity index (χ2n) is 4.52. The Kier molecular flexibility index (Phi) is 2.86. The molecule has 0 amide bonds. The molecule has 0 bridgehead atoms. The van der Waals surface area contributed by atoms with Crippen molar-refractivity contribution in [2.75, 3.05) is 0 Å². The van der Waals surface area contributed by atoms with Crippen molar-refractivity contribution >= 4 is 0 Å². The highest BCUT2D eigenvalue weighted by molar-refractivity contribution is 5.68. The Morgan fingerprint density at radius 1 is 1.00 bits per heavy atom. The number of aromatic nitrogens is 1. The molecule has 16 heavy (non-hydrogen) atoms. The summed E-state index contributed by atoms with van der Waals surface area (Å²) in [6, 6.07) is 8.85. The maximum absolute atomic E-state index is 3.48. The summed E-state index contributed by atoms with van der Waals surface area (Å²) in [5.41, 5.74) is 7.93. The van der Waals surface area contributed by atoms with Crippen LogP contribution in [-0.4, -0.2) is 4.98 Å². The van der Waals surface area contributed by atoms with Gasteiger partial charge in [0.1, 0.15) is 0 Å². The van der Waals surface area contributed by atoms with Crippen LogP contribution in [0.5, 0.6) is 0 Å². The van der Waals surface area contributed by atoms with Gasteiger partial charge in [-0.15, -0.1) is 0 Å². The zero-order valence-corrected chi connectivity index (χ0v) is 10.5. The van der Waals surface area contributed by atoms with Crippen LogP contribution in [0.4, 0.5) is 0 Å². The van der Waals surface area contributed by atoms with Crippen LogP contribution in [0.3, 0.4) is 0 Å². The third kappa shape index (κ3) is 1.90. The summed E-state index contributed by atoms with van der Waals surface area (Å²) >= 11 is 0. The fraction of sp³-hybridized carbons (Fsp3) is 0.333. The zero-order chi connectivity index (χ0) is 11.7. The van der Waals surface area contributed by atoms with Crippen molar-refractivity contribution in [2.24, 2.45) is 0 Å². The van der Waals surface area contributed by atoms with Crippen LogP contribution >= 0.6 is 0 Å². The van der Waals surface area contributed by atoms with Gasteiger partial charge in [-0.05, 0) is 50.5 Å². The van der Waals surface area contributed by atoms with Crippen molar-refractivity contribution in [3.05, 3.63) is 46.6 Å². The number of nitrogens with one attached hydrogen (secondary N) is 1. The molecule has 0 spiro atoms. The predicted octanol–water partition coefficient (Wildman–Crippen LogP) is 4.17. The summed E-state index contributed by atoms with van der Waals surface area (Å²) in [6.45, 7) is 8.68. The highest BCUT2D eigenvalue weighted by Gasteiger charge is 2.08. The van der Waals surface area contributed by atoms with E-state index in [1.165, 1.54) is 33.6 Å². The molecule has 84 valence electrons. The molecular weight excluding hydrogens is 194 g/mol. The maximum Gasteiger partial charge on any atom is 0.0461 e. The Balaban J connectivity index is 2.55. The molecule has 0 unspecified atom stereocenters. The molecule has 0 aliphatic rings. The second-order valence-corrected chi connectivity index (χ2v) is 4.52. The van der Waals surface area contributed by atoms with Crippen LogP contribution in [0.15, 0.2) is 24.3 Å². The van der Waals surface area contributed by atoms with E-state index in [1.54, 1.807) is 0 Å². The molecule has 1 N–H and O–H groups in total. The van der Waals surface area contributed by atoms with Gasteiger partial charge in [0, 0.05) is 17.0 Å². The lowest BCUT2D eigenvalue weighted by atomic mass is 9.98. The van der Waals surface area contributed by atoms with Crippen LogP contribution in [0.1, 0.15) is 29.3 Å². The Bertz CT molecular complexity index is 483. The molecule has 1 heteroatoms. The van der Waals surface area contributed by atoms with Gasteiger partial charge in [0.15, 0.2) is 0 Å². The molecular formula is C15H19N. The number of aryl methyl sites for hydroxylation is 4. The Morgan fingerprint density at radius 2 is 1.62 bits per heavy atom. The van der Waals surface area contributed by atoms with E-state index in [-0.39, 0.29) is 0 Å². The first-order valence-electron chi connectivity index (χ1n) is 5.88. The molecule has 0 aliphatic carbocycles. The monoisotopic (exact) mass is 213 g/mol. The van der Waals surface area contributed by atoms with Crippen LogP contribution in [0.2, 0.25) is 0 Å². The highest BCUT2D eigenvalue weighted by atomic mass is 14.7. The number of hydrogen-bond donors (Lipinski definition) is 1. The van der Waals surface area contributed by atoms with E-state index in [9.17, 15) is 0 Å². The van der Waals surface area contributed by atoms with Crippen LogP contribution in [0, 0.1) is 20.8 Å². The number of H-pyrrole nitrogens is 1. The fourth-order valence-electron chi connectivity index (χ4n) is 2.40. The minimum Gasteiger partial charge on any atom is -0.358 e. The van der Waals surface area contributed by atoms with E-state index in [0.29, 0.717) is 0 Å². The second kappa shape index (κ2) is 4.17. The molecule has 0 radical (unpaired) electrons. The predicted molar refractivity (Wildman–Crippen MR) is 69.8 cm³/mol. The van der Waals surface area contributed by atoms with E-state index in [0.717, 1.165) is 6.42 Å². The molecule has 1 heterocycles. The van der Waals surface area contributed by atoms with Crippen molar-refractivity contribution in [3.63, 3.8) is 0 Å². The number of aromatic amines is 1. The van der Waals surface area contributed by atoms with E-state index >= 15 is 0 Å². The van der Waals surface area contributed by atoms with Crippen molar-refractivity contribution in [1.29, 1.82) is 0 Å². The molecule has 0 saturated carbocycles. The fourth-order valence-corrected chi connectivity index (χ4v) is 2.40. The van der Waals surface area contributed by atoms with Gasteiger partial charge in [0.05, 0.1) is 0 Å². The van der Waals surface area contributed by atoms with Gasteiger partial charge in [-0.1, -0.05) is 24.6 Å². The lowest BCUT2D eigenvalue weighted by molar-refractivity contribution is 1.06. The van der Waals surface area contributed by atoms with Crippen molar-refractivity contribution in [2.45, 2.75) is 34.1 Å². The number of hydrogen-bond acceptors (Lipinski definition) is 0. The van der Waals surface area contributed by atoms with Gasteiger partial charge in [-0.2, -0.15) is 0 Å². The first-order chi connectivity index (χ1) is 7.61. The molecule has 2 aromatic rings. The standard InChI is InChI=1S/C15H19N/c1-5-13-6-7-14(16-13)15-11(3)8-10(2)9-12(15)4/h6-9,16H,5H2,1-4H3. The largest absolute Gasteiger partial charge is 0.358 e. The summed E-state index contributed by atoms with van der Waals surface area (Å²) in [7, 11) is 0. The van der Waals surface area contributed by atoms with Gasteiger partial charge in [-0.3, -0.25) is 0 Å². The highest BCUT2D eigenvalue weighted by Crippen LogP contribution is 2.27. The maximum atomic E-state index is 3.48. The third-order valence-electron chi connectivity index (χ3n) is 3.07. The smallest absolute Gasteiger partial charge is 0.0461 e. The average Bonchev–Trinajstić information content (AvgIpc) is 2.64. The van der Waals surface area contributed by atoms with Gasteiger partial charge in [0.25, 0.3) is 0 Å². The molecule has 2 rings (SSSR count). The molecule has 0 atom stereocenters. The van der Waals surface area contributed by atoms with Crippen LogP contribution in [0.25, 0.3) is 11.3 Å². The number of rotatable bonds is 2. The van der Waals surface area contributed by atoms with E-state index in [4.69, 9.17) is 0 Å². The van der Waals surface area contributed by atoms with Crippen LogP contribution in [-0.2, 0) is 6.42 Å². The average molecular weight is 213 g/mol. The lowest BCUT2D eigenvalue weighted by Gasteiger charge is -2.09. The van der Waals surface area contributed by atoms with Crippen molar-refractivity contribution in [3.8, 4) is 11.3 Å². The summed E-state index contributed by atoms with van der Waals surface area (Å²) in [4.78, 5) is 3.48. The zero-order valence-electron chi connectivity index (χ0n) is 10.5. The van der Waals surface area contributed by atoms with E-state index < -0.39 is 0 Å². The van der Waals surface area contributed by atoms with E-state index in [1.807, 2.05) is 0 Å². The number of benzene rings is 1. The van der Waals surface area contributed by atoms with Gasteiger partial charge in [-0.25, -0.2) is 0 Å². The molecule has 1 aromatic heterocycles. The topological polar surface area (TPSA) is 15.8 Å². The SMILES string of the molecule is CCc1ccc(-c2c(C)cc(C)cc2C)[nH]1. The molecule has 0 fully saturated rings. The third-order valence-corrected chi connectivity index (χ3v) is 3.07.